The quantitative estimate of drug-likeness (QED) is 0.205. The van der Waals surface area contributed by atoms with E-state index in [0.717, 1.165) is 105 Å². The molecule has 2 aromatic heterocycles. The number of para-hydroxylation sites is 2. The molecule has 0 saturated carbocycles. The van der Waals surface area contributed by atoms with Gasteiger partial charge in [0.2, 0.25) is 0 Å². The first-order valence-electron chi connectivity index (χ1n) is 13.9. The van der Waals surface area contributed by atoms with E-state index in [1.165, 1.54) is 0 Å². The van der Waals surface area contributed by atoms with Gasteiger partial charge in [-0.15, -0.1) is 0 Å². The van der Waals surface area contributed by atoms with Crippen LogP contribution in [-0.4, -0.2) is 10.2 Å². The SMILES string of the molecule is CCCCc1cc2oc3ccccc3c2c(CCc2c(O)c(CCCC)cc3oc4ccccc4c23)c1O. The summed E-state index contributed by atoms with van der Waals surface area (Å²) in [6.45, 7) is 4.32. The van der Waals surface area contributed by atoms with Crippen molar-refractivity contribution in [2.75, 3.05) is 0 Å². The highest BCUT2D eigenvalue weighted by Crippen LogP contribution is 2.42. The molecule has 6 aromatic rings. The number of benzene rings is 4. The van der Waals surface area contributed by atoms with Crippen molar-refractivity contribution in [2.45, 2.75) is 65.2 Å². The number of phenols is 2. The predicted octanol–water partition coefficient (Wildman–Crippen LogP) is 9.37. The van der Waals surface area contributed by atoms with Crippen molar-refractivity contribution in [3.05, 3.63) is 82.9 Å². The van der Waals surface area contributed by atoms with Gasteiger partial charge in [-0.25, -0.2) is 0 Å². The van der Waals surface area contributed by atoms with Crippen LogP contribution in [-0.2, 0) is 25.7 Å². The third-order valence-electron chi connectivity index (χ3n) is 7.86. The summed E-state index contributed by atoms with van der Waals surface area (Å²) in [5, 5.41) is 27.0. The average Bonchev–Trinajstić information content (AvgIpc) is 3.49. The Bertz CT molecular complexity index is 1640. The van der Waals surface area contributed by atoms with Crippen molar-refractivity contribution in [2.24, 2.45) is 0 Å². The lowest BCUT2D eigenvalue weighted by Gasteiger charge is -2.14. The van der Waals surface area contributed by atoms with Crippen LogP contribution in [0.1, 0.15) is 61.8 Å². The summed E-state index contributed by atoms with van der Waals surface area (Å²) in [7, 11) is 0. The molecule has 0 aliphatic heterocycles. The lowest BCUT2D eigenvalue weighted by molar-refractivity contribution is 0.455. The predicted molar refractivity (Wildman–Crippen MR) is 155 cm³/mol. The van der Waals surface area contributed by atoms with Gasteiger partial charge in [-0.2, -0.15) is 0 Å². The third kappa shape index (κ3) is 4.09. The van der Waals surface area contributed by atoms with Crippen LogP contribution < -0.4 is 0 Å². The molecule has 4 aromatic carbocycles. The van der Waals surface area contributed by atoms with Gasteiger partial charge in [0.1, 0.15) is 33.8 Å². The number of furan rings is 2. The van der Waals surface area contributed by atoms with Crippen LogP contribution in [0, 0.1) is 0 Å². The smallest absolute Gasteiger partial charge is 0.136 e. The Kier molecular flexibility index (Phi) is 6.49. The second kappa shape index (κ2) is 10.1. The van der Waals surface area contributed by atoms with Crippen LogP contribution in [0.5, 0.6) is 11.5 Å². The highest BCUT2D eigenvalue weighted by atomic mass is 16.3. The van der Waals surface area contributed by atoms with E-state index in [4.69, 9.17) is 8.83 Å². The zero-order chi connectivity index (χ0) is 26.2. The van der Waals surface area contributed by atoms with Crippen LogP contribution in [0.15, 0.2) is 69.5 Å². The summed E-state index contributed by atoms with van der Waals surface area (Å²) < 4.78 is 12.5. The Morgan fingerprint density at radius 3 is 1.39 bits per heavy atom. The number of fused-ring (bicyclic) bond motifs is 6. The van der Waals surface area contributed by atoms with Gasteiger partial charge in [-0.3, -0.25) is 0 Å². The zero-order valence-electron chi connectivity index (χ0n) is 22.1. The molecular weight excluding hydrogens is 472 g/mol. The molecule has 4 nitrogen and oxygen atoms in total. The molecule has 2 N–H and O–H groups in total. The van der Waals surface area contributed by atoms with Crippen LogP contribution in [0.25, 0.3) is 43.9 Å². The Balaban J connectivity index is 1.52. The summed E-state index contributed by atoms with van der Waals surface area (Å²) in [5.41, 5.74) is 6.89. The molecule has 0 bridgehead atoms. The van der Waals surface area contributed by atoms with E-state index in [2.05, 4.69) is 26.0 Å². The van der Waals surface area contributed by atoms with E-state index >= 15 is 0 Å². The highest BCUT2D eigenvalue weighted by molar-refractivity contribution is 6.09. The van der Waals surface area contributed by atoms with Crippen molar-refractivity contribution >= 4 is 43.9 Å². The average molecular weight is 507 g/mol. The maximum atomic E-state index is 11.5. The molecule has 0 aliphatic rings. The molecule has 194 valence electrons. The van der Waals surface area contributed by atoms with Gasteiger partial charge in [0.05, 0.1) is 0 Å². The summed E-state index contributed by atoms with van der Waals surface area (Å²) in [4.78, 5) is 0. The lowest BCUT2D eigenvalue weighted by Crippen LogP contribution is -1.99. The Morgan fingerprint density at radius 1 is 0.553 bits per heavy atom. The molecule has 38 heavy (non-hydrogen) atoms. The first-order valence-corrected chi connectivity index (χ1v) is 13.9. The third-order valence-corrected chi connectivity index (χ3v) is 7.86. The molecule has 0 fully saturated rings. The number of unbranched alkanes of at least 4 members (excludes halogenated alkanes) is 2. The van der Waals surface area contributed by atoms with E-state index in [-0.39, 0.29) is 0 Å². The van der Waals surface area contributed by atoms with Crippen LogP contribution >= 0.6 is 0 Å². The Labute approximate surface area is 222 Å². The largest absolute Gasteiger partial charge is 0.507 e. The molecule has 0 radical (unpaired) electrons. The number of aromatic hydroxyl groups is 2. The topological polar surface area (TPSA) is 66.7 Å². The summed E-state index contributed by atoms with van der Waals surface area (Å²) >= 11 is 0. The van der Waals surface area contributed by atoms with Gasteiger partial charge in [0.25, 0.3) is 0 Å². The minimum atomic E-state index is 0.354. The van der Waals surface area contributed by atoms with Crippen LogP contribution in [0.3, 0.4) is 0 Å². The fraction of sp³-hybridized carbons (Fsp3) is 0.294. The fourth-order valence-electron chi connectivity index (χ4n) is 5.88. The van der Waals surface area contributed by atoms with Gasteiger partial charge < -0.3 is 19.0 Å². The van der Waals surface area contributed by atoms with Crippen molar-refractivity contribution < 1.29 is 19.0 Å². The number of aryl methyl sites for hydroxylation is 4. The number of phenolic OH excluding ortho intramolecular Hbond substituents is 2. The Hall–Kier alpha value is -3.92. The maximum absolute atomic E-state index is 11.5. The van der Waals surface area contributed by atoms with Gasteiger partial charge in [0, 0.05) is 32.7 Å². The van der Waals surface area contributed by atoms with Gasteiger partial charge in [-0.1, -0.05) is 63.1 Å². The summed E-state index contributed by atoms with van der Waals surface area (Å²) in [6, 6.07) is 20.0. The zero-order valence-corrected chi connectivity index (χ0v) is 22.1. The lowest BCUT2D eigenvalue weighted by atomic mass is 9.91. The van der Waals surface area contributed by atoms with Crippen molar-refractivity contribution in [1.29, 1.82) is 0 Å². The van der Waals surface area contributed by atoms with Crippen molar-refractivity contribution in [3.8, 4) is 11.5 Å². The molecule has 0 aliphatic carbocycles. The molecule has 0 saturated heterocycles. The van der Waals surface area contributed by atoms with Gasteiger partial charge >= 0.3 is 0 Å². The van der Waals surface area contributed by atoms with E-state index in [1.54, 1.807) is 0 Å². The molecule has 6 rings (SSSR count). The highest BCUT2D eigenvalue weighted by Gasteiger charge is 2.22. The van der Waals surface area contributed by atoms with E-state index in [9.17, 15) is 10.2 Å². The van der Waals surface area contributed by atoms with E-state index < -0.39 is 0 Å². The number of hydrogen-bond donors (Lipinski definition) is 2. The molecule has 0 atom stereocenters. The number of rotatable bonds is 9. The van der Waals surface area contributed by atoms with Crippen LogP contribution in [0.4, 0.5) is 0 Å². The van der Waals surface area contributed by atoms with E-state index in [1.807, 2.05) is 48.5 Å². The summed E-state index contributed by atoms with van der Waals surface area (Å²) in [5.74, 6) is 0.708. The second-order valence-corrected chi connectivity index (χ2v) is 10.4. The molecule has 0 spiro atoms. The minimum absolute atomic E-state index is 0.354. The fourth-order valence-corrected chi connectivity index (χ4v) is 5.88. The normalized spacial score (nSPS) is 11.9. The van der Waals surface area contributed by atoms with E-state index in [0.29, 0.717) is 24.3 Å². The van der Waals surface area contributed by atoms with Crippen molar-refractivity contribution in [1.82, 2.24) is 0 Å². The molecule has 4 heteroatoms. The molecule has 0 unspecified atom stereocenters. The van der Waals surface area contributed by atoms with Gasteiger partial charge in [0.15, 0.2) is 0 Å². The monoisotopic (exact) mass is 506 g/mol. The molecule has 2 heterocycles. The molecular formula is C34H34O4. The Morgan fingerprint density at radius 2 is 0.974 bits per heavy atom. The maximum Gasteiger partial charge on any atom is 0.136 e. The first-order chi connectivity index (χ1) is 18.6. The van der Waals surface area contributed by atoms with Gasteiger partial charge in [-0.05, 0) is 73.9 Å². The standard InChI is InChI=1S/C34H34O4/c1-3-5-11-21-19-29-31(23-13-7-9-15-27(23)37-29)25(33(21)35)17-18-26-32-24-14-8-10-16-28(24)38-30(32)20-22(34(26)36)12-6-4-2/h7-10,13-16,19-20,35-36H,3-6,11-12,17-18H2,1-2H3. The second-order valence-electron chi connectivity index (χ2n) is 10.4. The summed E-state index contributed by atoms with van der Waals surface area (Å²) in [6.07, 6.45) is 6.86. The van der Waals surface area contributed by atoms with Crippen molar-refractivity contribution in [3.63, 3.8) is 0 Å². The van der Waals surface area contributed by atoms with Crippen LogP contribution in [0.2, 0.25) is 0 Å². The minimum Gasteiger partial charge on any atom is -0.507 e. The molecule has 0 amide bonds. The first kappa shape index (κ1) is 24.4. The number of hydrogen-bond acceptors (Lipinski definition) is 4.